The second-order valence-electron chi connectivity index (χ2n) is 7.48. The number of oxazole rings is 1. The minimum atomic E-state index is -0.510. The van der Waals surface area contributed by atoms with E-state index in [1.807, 2.05) is 19.1 Å². The first-order chi connectivity index (χ1) is 14.4. The molecule has 5 rings (SSSR count). The van der Waals surface area contributed by atoms with Crippen molar-refractivity contribution in [2.45, 2.75) is 13.3 Å². The second kappa shape index (κ2) is 6.42. The molecule has 1 aliphatic carbocycles. The van der Waals surface area contributed by atoms with Crippen molar-refractivity contribution in [1.29, 1.82) is 5.26 Å². The van der Waals surface area contributed by atoms with E-state index in [1.54, 1.807) is 18.2 Å². The second-order valence-corrected chi connectivity index (χ2v) is 7.48. The number of amides is 1. The quantitative estimate of drug-likeness (QED) is 0.447. The summed E-state index contributed by atoms with van der Waals surface area (Å²) in [7, 11) is 0. The van der Waals surface area contributed by atoms with E-state index in [0.717, 1.165) is 16.7 Å². The maximum atomic E-state index is 12.2. The number of nitrogens with one attached hydrogen (secondary N) is 2. The van der Waals surface area contributed by atoms with Crippen molar-refractivity contribution in [2.24, 2.45) is 11.8 Å². The van der Waals surface area contributed by atoms with Crippen molar-refractivity contribution in [3.05, 3.63) is 46.4 Å². The first-order valence-corrected chi connectivity index (χ1v) is 9.34. The average molecular weight is 400 g/mol. The monoisotopic (exact) mass is 400 g/mol. The molecule has 148 valence electrons. The number of nitriles is 1. The molecular formula is C21H16N6O3. The summed E-state index contributed by atoms with van der Waals surface area (Å²) in [4.78, 5) is 26.3. The van der Waals surface area contributed by atoms with Crippen molar-refractivity contribution in [2.75, 3.05) is 11.1 Å². The zero-order chi connectivity index (χ0) is 21.0. The van der Waals surface area contributed by atoms with Gasteiger partial charge in [0, 0.05) is 5.39 Å². The molecule has 1 fully saturated rings. The molecule has 1 amide bonds. The SMILES string of the molecule is Cc1cc2[nH]c(=O)oc2cc1-c1cc(N)c2nnc(NC(=O)[C@@H]3C[C@H]3C#N)cc2c1. The van der Waals surface area contributed by atoms with E-state index in [9.17, 15) is 9.59 Å². The van der Waals surface area contributed by atoms with Crippen LogP contribution in [0.4, 0.5) is 11.5 Å². The van der Waals surface area contributed by atoms with Crippen LogP contribution in [0.5, 0.6) is 0 Å². The fourth-order valence-electron chi connectivity index (χ4n) is 3.67. The van der Waals surface area contributed by atoms with Gasteiger partial charge in [0.2, 0.25) is 5.91 Å². The molecule has 0 saturated heterocycles. The standard InChI is InChI=1S/C21H16N6O3/c1-9-2-16-17(30-21(29)24-16)7-13(9)10-3-11-6-18(26-27-19(11)15(23)5-10)25-20(28)14-4-12(14)8-22/h2-3,5-7,12,14H,4,23H2,1H3,(H,24,29)(H,25,26,28)/t12-,14+/m0/s1. The fourth-order valence-corrected chi connectivity index (χ4v) is 3.67. The van der Waals surface area contributed by atoms with Gasteiger partial charge >= 0.3 is 5.76 Å². The summed E-state index contributed by atoms with van der Waals surface area (Å²) >= 11 is 0. The topological polar surface area (TPSA) is 151 Å². The first kappa shape index (κ1) is 17.9. The van der Waals surface area contributed by atoms with Crippen LogP contribution in [0.25, 0.3) is 33.1 Å². The van der Waals surface area contributed by atoms with E-state index in [1.165, 1.54) is 0 Å². The number of carbonyl (C=O) groups excluding carboxylic acids is 1. The van der Waals surface area contributed by atoms with Gasteiger partial charge in [0.25, 0.3) is 0 Å². The van der Waals surface area contributed by atoms with Crippen molar-refractivity contribution in [1.82, 2.24) is 15.2 Å². The van der Waals surface area contributed by atoms with E-state index in [0.29, 0.717) is 39.9 Å². The van der Waals surface area contributed by atoms with E-state index < -0.39 is 5.76 Å². The number of aryl methyl sites for hydroxylation is 1. The minimum Gasteiger partial charge on any atom is -0.408 e. The van der Waals surface area contributed by atoms with Gasteiger partial charge in [-0.1, -0.05) is 0 Å². The summed E-state index contributed by atoms with van der Waals surface area (Å²) in [5.74, 6) is -0.967. The van der Waals surface area contributed by atoms with Gasteiger partial charge in [-0.25, -0.2) is 4.79 Å². The number of nitrogens with two attached hydrogens (primary N) is 1. The molecule has 0 radical (unpaired) electrons. The summed E-state index contributed by atoms with van der Waals surface area (Å²) in [6.45, 7) is 1.93. The van der Waals surface area contributed by atoms with Crippen LogP contribution < -0.4 is 16.8 Å². The molecule has 0 aliphatic heterocycles. The van der Waals surface area contributed by atoms with E-state index in [2.05, 4.69) is 26.6 Å². The normalized spacial score (nSPS) is 17.7. The van der Waals surface area contributed by atoms with Crippen LogP contribution in [0.15, 0.2) is 39.5 Å². The lowest BCUT2D eigenvalue weighted by Gasteiger charge is -2.10. The molecule has 0 spiro atoms. The smallest absolute Gasteiger partial charge is 0.408 e. The number of H-pyrrole nitrogens is 1. The fraction of sp³-hybridized carbons (Fsp3) is 0.190. The summed E-state index contributed by atoms with van der Waals surface area (Å²) in [5, 5.41) is 20.5. The highest BCUT2D eigenvalue weighted by Crippen LogP contribution is 2.38. The molecule has 1 saturated carbocycles. The number of benzene rings is 2. The van der Waals surface area contributed by atoms with E-state index in [4.69, 9.17) is 15.4 Å². The Bertz CT molecular complexity index is 1450. The molecule has 4 N–H and O–H groups in total. The Morgan fingerprint density at radius 1 is 1.30 bits per heavy atom. The van der Waals surface area contributed by atoms with Gasteiger partial charge in [0.1, 0.15) is 5.52 Å². The van der Waals surface area contributed by atoms with Crippen molar-refractivity contribution in [3.63, 3.8) is 0 Å². The highest BCUT2D eigenvalue weighted by atomic mass is 16.4. The summed E-state index contributed by atoms with van der Waals surface area (Å²) in [6.07, 6.45) is 0.567. The number of aromatic amines is 1. The molecule has 2 heterocycles. The Hall–Kier alpha value is -4.19. The maximum absolute atomic E-state index is 12.2. The predicted octanol–water partition coefficient (Wildman–Crippen LogP) is 2.72. The Morgan fingerprint density at radius 3 is 2.90 bits per heavy atom. The summed E-state index contributed by atoms with van der Waals surface area (Å²) in [6, 6.07) is 11.1. The van der Waals surface area contributed by atoms with Crippen LogP contribution in [0.1, 0.15) is 12.0 Å². The molecule has 0 unspecified atom stereocenters. The van der Waals surface area contributed by atoms with Gasteiger partial charge in [-0.2, -0.15) is 5.26 Å². The Balaban J connectivity index is 1.55. The third kappa shape index (κ3) is 2.95. The largest absolute Gasteiger partial charge is 0.417 e. The van der Waals surface area contributed by atoms with Gasteiger partial charge in [0.15, 0.2) is 11.4 Å². The molecule has 30 heavy (non-hydrogen) atoms. The molecule has 2 aromatic carbocycles. The van der Waals surface area contributed by atoms with Gasteiger partial charge < -0.3 is 15.5 Å². The minimum absolute atomic E-state index is 0.230. The lowest BCUT2D eigenvalue weighted by atomic mass is 9.98. The van der Waals surface area contributed by atoms with Crippen LogP contribution in [-0.4, -0.2) is 21.1 Å². The van der Waals surface area contributed by atoms with Crippen LogP contribution in [0.3, 0.4) is 0 Å². The number of rotatable bonds is 3. The zero-order valence-electron chi connectivity index (χ0n) is 15.9. The molecule has 0 bridgehead atoms. The summed E-state index contributed by atoms with van der Waals surface area (Å²) < 4.78 is 5.18. The van der Waals surface area contributed by atoms with Crippen molar-refractivity contribution < 1.29 is 9.21 Å². The first-order valence-electron chi connectivity index (χ1n) is 9.34. The van der Waals surface area contributed by atoms with Gasteiger partial charge in [0.05, 0.1) is 29.1 Å². The number of anilines is 2. The average Bonchev–Trinajstić information content (AvgIpc) is 3.41. The maximum Gasteiger partial charge on any atom is 0.417 e. The molecule has 2 atom stereocenters. The summed E-state index contributed by atoms with van der Waals surface area (Å²) in [5.41, 5.74) is 10.9. The number of fused-ring (bicyclic) bond motifs is 2. The predicted molar refractivity (Wildman–Crippen MR) is 110 cm³/mol. The molecule has 1 aliphatic rings. The highest BCUT2D eigenvalue weighted by molar-refractivity contribution is 5.99. The Morgan fingerprint density at radius 2 is 2.13 bits per heavy atom. The molecular weight excluding hydrogens is 384 g/mol. The van der Waals surface area contributed by atoms with E-state index >= 15 is 0 Å². The molecule has 9 heteroatoms. The van der Waals surface area contributed by atoms with Crippen LogP contribution >= 0.6 is 0 Å². The number of nitrogens with zero attached hydrogens (tertiary/aromatic N) is 3. The van der Waals surface area contributed by atoms with Crippen LogP contribution in [0.2, 0.25) is 0 Å². The lowest BCUT2D eigenvalue weighted by Crippen LogP contribution is -2.16. The van der Waals surface area contributed by atoms with Crippen LogP contribution in [0, 0.1) is 30.1 Å². The highest BCUT2D eigenvalue weighted by Gasteiger charge is 2.43. The molecule has 9 nitrogen and oxygen atoms in total. The number of hydrogen-bond donors (Lipinski definition) is 3. The van der Waals surface area contributed by atoms with E-state index in [-0.39, 0.29) is 17.7 Å². The number of carbonyl (C=O) groups is 1. The molecule has 4 aromatic rings. The zero-order valence-corrected chi connectivity index (χ0v) is 15.9. The number of aromatic nitrogens is 3. The van der Waals surface area contributed by atoms with Gasteiger partial charge in [-0.15, -0.1) is 10.2 Å². The van der Waals surface area contributed by atoms with Gasteiger partial charge in [-0.05, 0) is 60.4 Å². The Kier molecular flexibility index (Phi) is 3.83. The Labute approximate surface area is 169 Å². The van der Waals surface area contributed by atoms with Crippen LogP contribution in [-0.2, 0) is 4.79 Å². The third-order valence-corrected chi connectivity index (χ3v) is 5.34. The van der Waals surface area contributed by atoms with Crippen molar-refractivity contribution in [3.8, 4) is 17.2 Å². The number of nitrogen functional groups attached to an aromatic ring is 1. The number of hydrogen-bond acceptors (Lipinski definition) is 7. The third-order valence-electron chi connectivity index (χ3n) is 5.34. The molecule has 2 aromatic heterocycles. The van der Waals surface area contributed by atoms with Crippen molar-refractivity contribution >= 4 is 39.4 Å². The lowest BCUT2D eigenvalue weighted by molar-refractivity contribution is -0.117. The van der Waals surface area contributed by atoms with Gasteiger partial charge in [-0.3, -0.25) is 9.78 Å².